The molecule has 2 atom stereocenters. The van der Waals surface area contributed by atoms with Crippen molar-refractivity contribution in [2.75, 3.05) is 6.61 Å². The first-order chi connectivity index (χ1) is 10.4. The van der Waals surface area contributed by atoms with Crippen molar-refractivity contribution < 1.29 is 4.74 Å². The van der Waals surface area contributed by atoms with Gasteiger partial charge in [0.05, 0.1) is 6.04 Å². The van der Waals surface area contributed by atoms with Crippen molar-refractivity contribution >= 4 is 16.7 Å². The summed E-state index contributed by atoms with van der Waals surface area (Å²) in [4.78, 5) is 4.85. The highest BCUT2D eigenvalue weighted by molar-refractivity contribution is 5.86. The van der Waals surface area contributed by atoms with Gasteiger partial charge in [-0.3, -0.25) is 0 Å². The summed E-state index contributed by atoms with van der Waals surface area (Å²) in [6.07, 6.45) is 0.946. The number of fused-ring (bicyclic) bond motifs is 1. The minimum absolute atomic E-state index is 0.188. The molecule has 116 valence electrons. The molecule has 0 aromatic heterocycles. The van der Waals surface area contributed by atoms with Crippen LogP contribution in [-0.2, 0) is 11.2 Å². The normalized spacial score (nSPS) is 19.8. The minimum Gasteiger partial charge on any atom is -0.478 e. The van der Waals surface area contributed by atoms with E-state index in [-0.39, 0.29) is 11.5 Å². The average molecular weight is 295 g/mol. The van der Waals surface area contributed by atoms with Crippen molar-refractivity contribution in [3.63, 3.8) is 0 Å². The van der Waals surface area contributed by atoms with Crippen LogP contribution in [0.2, 0.25) is 0 Å². The zero-order chi connectivity index (χ0) is 15.7. The highest BCUT2D eigenvalue weighted by atomic mass is 16.5. The van der Waals surface area contributed by atoms with Gasteiger partial charge in [-0.1, -0.05) is 70.2 Å². The molecule has 0 saturated carbocycles. The van der Waals surface area contributed by atoms with Gasteiger partial charge < -0.3 is 4.74 Å². The maximum absolute atomic E-state index is 5.89. The smallest absolute Gasteiger partial charge is 0.187 e. The lowest BCUT2D eigenvalue weighted by atomic mass is 9.82. The van der Waals surface area contributed by atoms with Gasteiger partial charge in [0, 0.05) is 5.92 Å². The standard InChI is InChI=1S/C20H25NO/c1-14(20(2,3)4)19-21-17(13-22-19)12-16-10-7-9-15-8-5-6-11-18(15)16/h5-11,14,17H,12-13H2,1-4H3/t14-,17+/m1/s1. The van der Waals surface area contributed by atoms with Crippen LogP contribution in [0.4, 0.5) is 0 Å². The number of hydrogen-bond acceptors (Lipinski definition) is 2. The molecule has 0 amide bonds. The molecular weight excluding hydrogens is 270 g/mol. The fourth-order valence-electron chi connectivity index (χ4n) is 2.87. The van der Waals surface area contributed by atoms with Crippen LogP contribution in [0, 0.1) is 11.3 Å². The summed E-state index contributed by atoms with van der Waals surface area (Å²) in [6, 6.07) is 15.3. The summed E-state index contributed by atoms with van der Waals surface area (Å²) >= 11 is 0. The van der Waals surface area contributed by atoms with Gasteiger partial charge in [0.2, 0.25) is 0 Å². The molecule has 1 heterocycles. The second-order valence-electron chi connectivity index (χ2n) is 7.36. The molecule has 2 nitrogen and oxygen atoms in total. The van der Waals surface area contributed by atoms with Crippen LogP contribution < -0.4 is 0 Å². The van der Waals surface area contributed by atoms with E-state index in [4.69, 9.17) is 9.73 Å². The largest absolute Gasteiger partial charge is 0.478 e. The van der Waals surface area contributed by atoms with E-state index < -0.39 is 0 Å². The SMILES string of the molecule is C[C@H](C1=N[C@@H](Cc2cccc3ccccc23)CO1)C(C)(C)C. The van der Waals surface area contributed by atoms with Crippen molar-refractivity contribution in [2.24, 2.45) is 16.3 Å². The van der Waals surface area contributed by atoms with E-state index in [9.17, 15) is 0 Å². The summed E-state index contributed by atoms with van der Waals surface area (Å²) < 4.78 is 5.89. The molecule has 2 heteroatoms. The first kappa shape index (κ1) is 15.1. The number of hydrogen-bond donors (Lipinski definition) is 0. The Hall–Kier alpha value is -1.83. The van der Waals surface area contributed by atoms with E-state index in [1.54, 1.807) is 0 Å². The maximum Gasteiger partial charge on any atom is 0.187 e. The van der Waals surface area contributed by atoms with Crippen LogP contribution in [0.1, 0.15) is 33.3 Å². The van der Waals surface area contributed by atoms with Gasteiger partial charge in [0.1, 0.15) is 6.61 Å². The minimum atomic E-state index is 0.188. The van der Waals surface area contributed by atoms with Gasteiger partial charge in [-0.25, -0.2) is 4.99 Å². The van der Waals surface area contributed by atoms with E-state index >= 15 is 0 Å². The summed E-state index contributed by atoms with van der Waals surface area (Å²) in [7, 11) is 0. The molecule has 0 unspecified atom stereocenters. The molecule has 2 aromatic carbocycles. The van der Waals surface area contributed by atoms with Crippen LogP contribution in [0.3, 0.4) is 0 Å². The maximum atomic E-state index is 5.89. The van der Waals surface area contributed by atoms with Crippen LogP contribution in [-0.4, -0.2) is 18.5 Å². The van der Waals surface area contributed by atoms with Gasteiger partial charge in [-0.05, 0) is 28.2 Å². The molecule has 0 bridgehead atoms. The molecule has 0 saturated heterocycles. The summed E-state index contributed by atoms with van der Waals surface area (Å²) in [5, 5.41) is 2.63. The Kier molecular flexibility index (Phi) is 3.94. The molecule has 0 fully saturated rings. The lowest BCUT2D eigenvalue weighted by molar-refractivity contribution is 0.250. The van der Waals surface area contributed by atoms with Gasteiger partial charge >= 0.3 is 0 Å². The molecule has 1 aliphatic heterocycles. The molecule has 2 aromatic rings. The van der Waals surface area contributed by atoms with Crippen molar-refractivity contribution in [2.45, 2.75) is 40.2 Å². The molecular formula is C20H25NO. The number of nitrogens with zero attached hydrogens (tertiary/aromatic N) is 1. The summed E-state index contributed by atoms with van der Waals surface area (Å²) in [6.45, 7) is 9.63. The van der Waals surface area contributed by atoms with E-state index in [0.717, 1.165) is 12.3 Å². The van der Waals surface area contributed by atoms with Crippen LogP contribution in [0.25, 0.3) is 10.8 Å². The van der Waals surface area contributed by atoms with Gasteiger partial charge in [0.25, 0.3) is 0 Å². The van der Waals surface area contributed by atoms with Crippen molar-refractivity contribution in [3.8, 4) is 0 Å². The van der Waals surface area contributed by atoms with E-state index in [1.807, 2.05) is 0 Å². The quantitative estimate of drug-likeness (QED) is 0.792. The molecule has 0 spiro atoms. The Bertz CT molecular complexity index is 691. The number of ether oxygens (including phenoxy) is 1. The number of aliphatic imine (C=N–C) groups is 1. The van der Waals surface area contributed by atoms with Gasteiger partial charge in [0.15, 0.2) is 5.90 Å². The topological polar surface area (TPSA) is 21.6 Å². The molecule has 3 rings (SSSR count). The second-order valence-corrected chi connectivity index (χ2v) is 7.36. The highest BCUT2D eigenvalue weighted by Gasteiger charge is 2.31. The van der Waals surface area contributed by atoms with Crippen LogP contribution >= 0.6 is 0 Å². The van der Waals surface area contributed by atoms with Gasteiger partial charge in [-0.2, -0.15) is 0 Å². The molecule has 0 aliphatic carbocycles. The van der Waals surface area contributed by atoms with Crippen LogP contribution in [0.15, 0.2) is 47.5 Å². The number of benzene rings is 2. The summed E-state index contributed by atoms with van der Waals surface area (Å²) in [5.41, 5.74) is 1.55. The highest BCUT2D eigenvalue weighted by Crippen LogP contribution is 2.30. The van der Waals surface area contributed by atoms with Gasteiger partial charge in [-0.15, -0.1) is 0 Å². The molecule has 0 N–H and O–H groups in total. The predicted molar refractivity (Wildman–Crippen MR) is 93.4 cm³/mol. The first-order valence-corrected chi connectivity index (χ1v) is 8.12. The first-order valence-electron chi connectivity index (χ1n) is 8.12. The third-order valence-electron chi connectivity index (χ3n) is 4.74. The third-order valence-corrected chi connectivity index (χ3v) is 4.74. The molecule has 22 heavy (non-hydrogen) atoms. The summed E-state index contributed by atoms with van der Waals surface area (Å²) in [5.74, 6) is 1.28. The van der Waals surface area contributed by atoms with Crippen molar-refractivity contribution in [1.82, 2.24) is 0 Å². The fraction of sp³-hybridized carbons (Fsp3) is 0.450. The van der Waals surface area contributed by atoms with Crippen LogP contribution in [0.5, 0.6) is 0 Å². The zero-order valence-electron chi connectivity index (χ0n) is 14.0. The zero-order valence-corrected chi connectivity index (χ0v) is 14.0. The Balaban J connectivity index is 1.81. The van der Waals surface area contributed by atoms with E-state index in [0.29, 0.717) is 12.5 Å². The van der Waals surface area contributed by atoms with Crippen molar-refractivity contribution in [3.05, 3.63) is 48.0 Å². The monoisotopic (exact) mass is 295 g/mol. The lowest BCUT2D eigenvalue weighted by Gasteiger charge is -2.26. The fourth-order valence-corrected chi connectivity index (χ4v) is 2.87. The number of rotatable bonds is 3. The average Bonchev–Trinajstić information content (AvgIpc) is 2.94. The van der Waals surface area contributed by atoms with E-state index in [1.165, 1.54) is 16.3 Å². The Labute approximate surface area is 133 Å². The lowest BCUT2D eigenvalue weighted by Crippen LogP contribution is -2.25. The predicted octanol–water partition coefficient (Wildman–Crippen LogP) is 4.86. The third kappa shape index (κ3) is 3.01. The molecule has 0 radical (unpaired) electrons. The Morgan fingerprint density at radius 3 is 2.64 bits per heavy atom. The van der Waals surface area contributed by atoms with E-state index in [2.05, 4.69) is 70.2 Å². The Morgan fingerprint density at radius 2 is 1.86 bits per heavy atom. The Morgan fingerprint density at radius 1 is 1.14 bits per heavy atom. The molecule has 1 aliphatic rings. The second kappa shape index (κ2) is 5.75. The van der Waals surface area contributed by atoms with Crippen molar-refractivity contribution in [1.29, 1.82) is 0 Å².